The highest BCUT2D eigenvalue weighted by Crippen LogP contribution is 2.33. The smallest absolute Gasteiger partial charge is 0.268 e. The number of benzene rings is 1. The van der Waals surface area contributed by atoms with Crippen molar-refractivity contribution in [3.05, 3.63) is 55.1 Å². The van der Waals surface area contributed by atoms with Crippen molar-refractivity contribution in [2.24, 2.45) is 0 Å². The normalized spacial score (nSPS) is 13.2. The fourth-order valence-corrected chi connectivity index (χ4v) is 2.90. The van der Waals surface area contributed by atoms with Gasteiger partial charge in [0.15, 0.2) is 0 Å². The second-order valence-corrected chi connectivity index (χ2v) is 5.96. The predicted molar refractivity (Wildman–Crippen MR) is 80.7 cm³/mol. The van der Waals surface area contributed by atoms with Gasteiger partial charge in [0.2, 0.25) is 0 Å². The molecule has 0 saturated carbocycles. The molecule has 1 aliphatic rings. The molecule has 4 nitrogen and oxygen atoms in total. The van der Waals surface area contributed by atoms with Gasteiger partial charge in [-0.15, -0.1) is 0 Å². The molecule has 0 radical (unpaired) electrons. The maximum absolute atomic E-state index is 12.2. The predicted octanol–water partition coefficient (Wildman–Crippen LogP) is 2.95. The number of aromatic nitrogens is 2. The van der Waals surface area contributed by atoms with E-state index in [0.29, 0.717) is 28.3 Å². The van der Waals surface area contributed by atoms with Crippen LogP contribution in [0.2, 0.25) is 5.02 Å². The summed E-state index contributed by atoms with van der Waals surface area (Å²) in [6.07, 6.45) is 2.40. The van der Waals surface area contributed by atoms with Gasteiger partial charge in [0.25, 0.3) is 5.56 Å². The Bertz CT molecular complexity index is 743. The van der Waals surface area contributed by atoms with Gasteiger partial charge < -0.3 is 4.74 Å². The largest absolute Gasteiger partial charge is 0.493 e. The van der Waals surface area contributed by atoms with E-state index in [2.05, 4.69) is 20.9 Å². The summed E-state index contributed by atoms with van der Waals surface area (Å²) < 4.78 is 7.68. The number of aryl methyl sites for hydroxylation is 1. The van der Waals surface area contributed by atoms with Gasteiger partial charge in [-0.2, -0.15) is 0 Å². The SMILES string of the molecule is Cc1ncn(Cc2cc(Cl)cc3c2OCC3)c(=O)c1Br. The zero-order valence-corrected chi connectivity index (χ0v) is 13.2. The Hall–Kier alpha value is -1.33. The molecule has 0 unspecified atom stereocenters. The van der Waals surface area contributed by atoms with Gasteiger partial charge in [-0.25, -0.2) is 4.98 Å². The molecule has 3 rings (SSSR count). The summed E-state index contributed by atoms with van der Waals surface area (Å²) in [5.74, 6) is 0.845. The average molecular weight is 356 g/mol. The van der Waals surface area contributed by atoms with E-state index >= 15 is 0 Å². The van der Waals surface area contributed by atoms with Crippen LogP contribution < -0.4 is 10.3 Å². The van der Waals surface area contributed by atoms with Gasteiger partial charge in [0.05, 0.1) is 25.2 Å². The highest BCUT2D eigenvalue weighted by atomic mass is 79.9. The fourth-order valence-electron chi connectivity index (χ4n) is 2.31. The van der Waals surface area contributed by atoms with Crippen molar-refractivity contribution in [2.75, 3.05) is 6.61 Å². The quantitative estimate of drug-likeness (QED) is 0.832. The molecule has 0 aliphatic carbocycles. The molecule has 1 aromatic heterocycles. The Morgan fingerprint density at radius 1 is 1.50 bits per heavy atom. The maximum atomic E-state index is 12.2. The first-order valence-electron chi connectivity index (χ1n) is 6.22. The Morgan fingerprint density at radius 2 is 2.30 bits per heavy atom. The summed E-state index contributed by atoms with van der Waals surface area (Å²) in [6, 6.07) is 3.76. The summed E-state index contributed by atoms with van der Waals surface area (Å²) in [7, 11) is 0. The molecule has 2 aromatic rings. The zero-order valence-electron chi connectivity index (χ0n) is 10.8. The van der Waals surface area contributed by atoms with Crippen LogP contribution in [0.25, 0.3) is 0 Å². The van der Waals surface area contributed by atoms with E-state index in [9.17, 15) is 4.79 Å². The van der Waals surface area contributed by atoms with Crippen molar-refractivity contribution in [1.29, 1.82) is 0 Å². The Balaban J connectivity index is 2.05. The average Bonchev–Trinajstić information content (AvgIpc) is 2.87. The number of halogens is 2. The van der Waals surface area contributed by atoms with Gasteiger partial charge in [0.1, 0.15) is 10.2 Å². The maximum Gasteiger partial charge on any atom is 0.268 e. The van der Waals surface area contributed by atoms with Gasteiger partial charge in [0, 0.05) is 17.0 Å². The minimum absolute atomic E-state index is 0.107. The van der Waals surface area contributed by atoms with Crippen LogP contribution in [0.15, 0.2) is 27.7 Å². The molecule has 1 aromatic carbocycles. The molecule has 20 heavy (non-hydrogen) atoms. The first kappa shape index (κ1) is 13.6. The van der Waals surface area contributed by atoms with E-state index in [1.807, 2.05) is 12.1 Å². The third-order valence-corrected chi connectivity index (χ3v) is 4.45. The molecule has 0 fully saturated rings. The standard InChI is InChI=1S/C14H12BrClN2O2/c1-8-12(15)14(19)18(7-17-8)6-10-5-11(16)4-9-2-3-20-13(9)10/h4-5,7H,2-3,6H2,1H3. The monoisotopic (exact) mass is 354 g/mol. The fraction of sp³-hybridized carbons (Fsp3) is 0.286. The van der Waals surface area contributed by atoms with Gasteiger partial charge in [-0.1, -0.05) is 11.6 Å². The number of hydrogen-bond donors (Lipinski definition) is 0. The Kier molecular flexibility index (Phi) is 3.56. The van der Waals surface area contributed by atoms with Crippen LogP contribution in [0.5, 0.6) is 5.75 Å². The minimum Gasteiger partial charge on any atom is -0.493 e. The first-order chi connectivity index (χ1) is 9.56. The minimum atomic E-state index is -0.107. The van der Waals surface area contributed by atoms with E-state index in [1.165, 1.54) is 0 Å². The zero-order chi connectivity index (χ0) is 14.3. The van der Waals surface area contributed by atoms with Gasteiger partial charge >= 0.3 is 0 Å². The van der Waals surface area contributed by atoms with Crippen molar-refractivity contribution in [2.45, 2.75) is 19.9 Å². The molecule has 0 saturated heterocycles. The van der Waals surface area contributed by atoms with Crippen molar-refractivity contribution in [3.63, 3.8) is 0 Å². The second-order valence-electron chi connectivity index (χ2n) is 4.73. The molecular formula is C14H12BrClN2O2. The van der Waals surface area contributed by atoms with Crippen molar-refractivity contribution in [1.82, 2.24) is 9.55 Å². The number of fused-ring (bicyclic) bond motifs is 1. The lowest BCUT2D eigenvalue weighted by molar-refractivity contribution is 0.352. The lowest BCUT2D eigenvalue weighted by Gasteiger charge is -2.11. The van der Waals surface area contributed by atoms with Crippen LogP contribution in [0.3, 0.4) is 0 Å². The van der Waals surface area contributed by atoms with E-state index in [4.69, 9.17) is 16.3 Å². The van der Waals surface area contributed by atoms with Crippen LogP contribution in [0.4, 0.5) is 0 Å². The number of rotatable bonds is 2. The second kappa shape index (κ2) is 5.22. The highest BCUT2D eigenvalue weighted by Gasteiger charge is 2.18. The molecule has 0 atom stereocenters. The highest BCUT2D eigenvalue weighted by molar-refractivity contribution is 9.10. The van der Waals surface area contributed by atoms with Crippen LogP contribution in [-0.2, 0) is 13.0 Å². The summed E-state index contributed by atoms with van der Waals surface area (Å²) in [5, 5.41) is 0.663. The Morgan fingerprint density at radius 3 is 3.10 bits per heavy atom. The summed E-state index contributed by atoms with van der Waals surface area (Å²) in [6.45, 7) is 2.84. The topological polar surface area (TPSA) is 44.1 Å². The van der Waals surface area contributed by atoms with E-state index in [1.54, 1.807) is 17.8 Å². The van der Waals surface area contributed by atoms with Crippen molar-refractivity contribution in [3.8, 4) is 5.75 Å². The molecular weight excluding hydrogens is 344 g/mol. The number of hydrogen-bond acceptors (Lipinski definition) is 3. The third-order valence-electron chi connectivity index (χ3n) is 3.32. The lowest BCUT2D eigenvalue weighted by atomic mass is 10.1. The first-order valence-corrected chi connectivity index (χ1v) is 7.39. The summed E-state index contributed by atoms with van der Waals surface area (Å²) in [4.78, 5) is 16.4. The molecule has 2 heterocycles. The molecule has 104 valence electrons. The van der Waals surface area contributed by atoms with E-state index in [-0.39, 0.29) is 5.56 Å². The van der Waals surface area contributed by atoms with Gasteiger partial charge in [-0.05, 0) is 40.5 Å². The van der Waals surface area contributed by atoms with Crippen molar-refractivity contribution < 1.29 is 4.74 Å². The lowest BCUT2D eigenvalue weighted by Crippen LogP contribution is -2.22. The molecule has 0 N–H and O–H groups in total. The molecule has 0 spiro atoms. The molecule has 0 bridgehead atoms. The Labute approximate surface area is 129 Å². The molecule has 0 amide bonds. The van der Waals surface area contributed by atoms with Crippen LogP contribution >= 0.6 is 27.5 Å². The number of ether oxygens (including phenoxy) is 1. The third kappa shape index (κ3) is 2.36. The summed E-state index contributed by atoms with van der Waals surface area (Å²) >= 11 is 9.39. The van der Waals surface area contributed by atoms with Crippen molar-refractivity contribution >= 4 is 27.5 Å². The summed E-state index contributed by atoms with van der Waals surface area (Å²) in [5.41, 5.74) is 2.58. The van der Waals surface area contributed by atoms with Crippen LogP contribution in [0, 0.1) is 6.92 Å². The van der Waals surface area contributed by atoms with Crippen LogP contribution in [0.1, 0.15) is 16.8 Å². The number of nitrogens with zero attached hydrogens (tertiary/aromatic N) is 2. The van der Waals surface area contributed by atoms with Gasteiger partial charge in [-0.3, -0.25) is 9.36 Å². The molecule has 1 aliphatic heterocycles. The van der Waals surface area contributed by atoms with E-state index in [0.717, 1.165) is 23.3 Å². The van der Waals surface area contributed by atoms with Crippen LogP contribution in [-0.4, -0.2) is 16.2 Å². The molecule has 6 heteroatoms. The van der Waals surface area contributed by atoms with E-state index < -0.39 is 0 Å².